The zero-order chi connectivity index (χ0) is 26.7. The predicted molar refractivity (Wildman–Crippen MR) is 149 cm³/mol. The molecule has 2 aromatic rings. The number of aromatic nitrogens is 1. The van der Waals surface area contributed by atoms with E-state index in [-0.39, 0.29) is 34.8 Å². The van der Waals surface area contributed by atoms with E-state index in [0.29, 0.717) is 24.1 Å². The van der Waals surface area contributed by atoms with Gasteiger partial charge in [-0.15, -0.1) is 0 Å². The highest BCUT2D eigenvalue weighted by molar-refractivity contribution is 6.34. The number of fused-ring (bicyclic) bond motifs is 1. The van der Waals surface area contributed by atoms with Crippen LogP contribution in [0.25, 0.3) is 10.8 Å². The number of piperazine rings is 1. The lowest BCUT2D eigenvalue weighted by atomic mass is 9.95. The van der Waals surface area contributed by atoms with Gasteiger partial charge < -0.3 is 24.8 Å². The van der Waals surface area contributed by atoms with Crippen molar-refractivity contribution >= 4 is 39.8 Å². The third-order valence-electron chi connectivity index (χ3n) is 9.58. The van der Waals surface area contributed by atoms with Crippen molar-refractivity contribution < 1.29 is 19.4 Å². The van der Waals surface area contributed by atoms with E-state index < -0.39 is 6.10 Å². The first-order chi connectivity index (χ1) is 18.2. The number of aliphatic hydroxyl groups excluding tert-OH is 1. The van der Waals surface area contributed by atoms with Crippen molar-refractivity contribution in [3.05, 3.63) is 29.4 Å². The van der Waals surface area contributed by atoms with Crippen molar-refractivity contribution in [2.45, 2.75) is 57.8 Å². The van der Waals surface area contributed by atoms with Gasteiger partial charge in [0.05, 0.1) is 41.7 Å². The molecule has 8 nitrogen and oxygen atoms in total. The summed E-state index contributed by atoms with van der Waals surface area (Å²) in [6, 6.07) is 5.99. The van der Waals surface area contributed by atoms with Gasteiger partial charge in [0.2, 0.25) is 5.91 Å². The molecule has 206 valence electrons. The summed E-state index contributed by atoms with van der Waals surface area (Å²) in [7, 11) is 0. The number of anilines is 2. The molecule has 38 heavy (non-hydrogen) atoms. The molecule has 1 aliphatic carbocycles. The van der Waals surface area contributed by atoms with Crippen LogP contribution in [0.5, 0.6) is 0 Å². The first-order valence-electron chi connectivity index (χ1n) is 14.0. The van der Waals surface area contributed by atoms with Crippen LogP contribution in [0.4, 0.5) is 11.5 Å². The van der Waals surface area contributed by atoms with Gasteiger partial charge in [0.1, 0.15) is 5.82 Å². The Morgan fingerprint density at radius 3 is 2.61 bits per heavy atom. The first-order valence-corrected chi connectivity index (χ1v) is 14.3. The minimum absolute atomic E-state index is 0.0258. The van der Waals surface area contributed by atoms with E-state index in [0.717, 1.165) is 62.1 Å². The summed E-state index contributed by atoms with van der Waals surface area (Å²) in [6.07, 6.45) is 4.81. The van der Waals surface area contributed by atoms with Crippen LogP contribution in [0.2, 0.25) is 5.02 Å². The number of halogens is 1. The summed E-state index contributed by atoms with van der Waals surface area (Å²) >= 11 is 6.72. The van der Waals surface area contributed by atoms with E-state index in [1.165, 1.54) is 6.42 Å². The van der Waals surface area contributed by atoms with Gasteiger partial charge in [0.15, 0.2) is 0 Å². The molecule has 9 heteroatoms. The molecule has 5 atom stereocenters. The van der Waals surface area contributed by atoms with Crippen molar-refractivity contribution in [3.63, 3.8) is 0 Å². The van der Waals surface area contributed by atoms with Gasteiger partial charge in [-0.05, 0) is 55.2 Å². The highest BCUT2D eigenvalue weighted by atomic mass is 35.5. The Morgan fingerprint density at radius 2 is 1.92 bits per heavy atom. The number of pyridine rings is 1. The Kier molecular flexibility index (Phi) is 6.84. The first kappa shape index (κ1) is 26.3. The number of hydrogen-bond acceptors (Lipinski definition) is 7. The second-order valence-electron chi connectivity index (χ2n) is 12.3. The molecule has 1 aromatic carbocycles. The topological polar surface area (TPSA) is 87.2 Å². The molecule has 1 saturated carbocycles. The maximum atomic E-state index is 13.3. The zero-order valence-corrected chi connectivity index (χ0v) is 23.3. The second-order valence-corrected chi connectivity index (χ2v) is 12.7. The number of carbonyl (C=O) groups is 1. The van der Waals surface area contributed by atoms with Crippen molar-refractivity contribution in [1.82, 2.24) is 9.88 Å². The molecule has 0 unspecified atom stereocenters. The van der Waals surface area contributed by atoms with Crippen LogP contribution in [0.15, 0.2) is 24.4 Å². The zero-order valence-electron chi connectivity index (χ0n) is 22.6. The van der Waals surface area contributed by atoms with E-state index in [9.17, 15) is 9.90 Å². The fourth-order valence-corrected chi connectivity index (χ4v) is 7.29. The molecule has 0 bridgehead atoms. The van der Waals surface area contributed by atoms with Gasteiger partial charge in [-0.2, -0.15) is 0 Å². The smallest absolute Gasteiger partial charge is 0.229 e. The van der Waals surface area contributed by atoms with Crippen LogP contribution in [0.1, 0.15) is 40.0 Å². The van der Waals surface area contributed by atoms with E-state index in [1.54, 1.807) is 6.20 Å². The third-order valence-corrected chi connectivity index (χ3v) is 9.88. The molecular weight excluding hydrogens is 504 g/mol. The molecule has 4 aliphatic rings. The van der Waals surface area contributed by atoms with Crippen molar-refractivity contribution in [2.24, 2.45) is 17.3 Å². The Morgan fingerprint density at radius 1 is 1.13 bits per heavy atom. The molecule has 1 amide bonds. The van der Waals surface area contributed by atoms with Gasteiger partial charge >= 0.3 is 0 Å². The monoisotopic (exact) mass is 542 g/mol. The van der Waals surface area contributed by atoms with Crippen LogP contribution < -0.4 is 10.2 Å². The van der Waals surface area contributed by atoms with Crippen LogP contribution in [-0.4, -0.2) is 84.6 Å². The molecule has 2 N–H and O–H groups in total. The fraction of sp³-hybridized carbons (Fsp3) is 0.655. The van der Waals surface area contributed by atoms with Crippen molar-refractivity contribution in [3.8, 4) is 0 Å². The SMILES string of the molecule is CC1(C)[C@@H]([C@@H]2CCCCO2)[C@@H]1C(=O)Nc1cc2cc(N3CCN([C@@]4(C)COC[C@H]4O)CC3)c(Cl)cc2cn1. The highest BCUT2D eigenvalue weighted by Crippen LogP contribution is 2.61. The summed E-state index contributed by atoms with van der Waals surface area (Å²) in [5.74, 6) is 0.782. The Bertz CT molecular complexity index is 1210. The van der Waals surface area contributed by atoms with Crippen LogP contribution >= 0.6 is 11.6 Å². The Balaban J connectivity index is 1.15. The lowest BCUT2D eigenvalue weighted by Crippen LogP contribution is -2.60. The highest BCUT2D eigenvalue weighted by Gasteiger charge is 2.64. The maximum absolute atomic E-state index is 13.3. The van der Waals surface area contributed by atoms with Gasteiger partial charge in [-0.25, -0.2) is 4.98 Å². The molecule has 0 spiro atoms. The molecule has 3 saturated heterocycles. The largest absolute Gasteiger partial charge is 0.389 e. The van der Waals surface area contributed by atoms with Crippen molar-refractivity contribution in [1.29, 1.82) is 0 Å². The number of carbonyl (C=O) groups excluding carboxylic acids is 1. The number of benzene rings is 1. The lowest BCUT2D eigenvalue weighted by Gasteiger charge is -2.45. The van der Waals surface area contributed by atoms with E-state index in [1.807, 2.05) is 12.1 Å². The van der Waals surface area contributed by atoms with Crippen LogP contribution in [-0.2, 0) is 14.3 Å². The molecule has 4 heterocycles. The summed E-state index contributed by atoms with van der Waals surface area (Å²) in [5, 5.41) is 16.1. The minimum atomic E-state index is -0.467. The number of rotatable bonds is 5. The second kappa shape index (κ2) is 9.89. The predicted octanol–water partition coefficient (Wildman–Crippen LogP) is 3.94. The summed E-state index contributed by atoms with van der Waals surface area (Å²) < 4.78 is 11.6. The Labute approximate surface area is 229 Å². The number of nitrogens with one attached hydrogen (secondary N) is 1. The molecule has 1 aromatic heterocycles. The maximum Gasteiger partial charge on any atom is 0.229 e. The standard InChI is InChI=1S/C29H39ClN4O4/c1-28(2)25(22-6-4-5-11-38-22)26(28)27(36)32-24-14-18-13-21(20(30)12-19(18)15-31-24)33-7-9-34(10-8-33)29(3)17-37-16-23(29)35/h12-15,22-23,25-26,35H,4-11,16-17H2,1-3H3,(H,31,32,36)/t22-,23+,25-,26+,29-/m0/s1. The number of amides is 1. The Hall–Kier alpha value is -1.97. The normalized spacial score (nSPS) is 33.4. The molecule has 3 aliphatic heterocycles. The minimum Gasteiger partial charge on any atom is -0.389 e. The summed E-state index contributed by atoms with van der Waals surface area (Å²) in [6.45, 7) is 11.4. The third kappa shape index (κ3) is 4.58. The summed E-state index contributed by atoms with van der Waals surface area (Å²) in [4.78, 5) is 22.4. The van der Waals surface area contributed by atoms with Crippen LogP contribution in [0, 0.1) is 17.3 Å². The number of nitrogens with zero attached hydrogens (tertiary/aromatic N) is 3. The van der Waals surface area contributed by atoms with Crippen LogP contribution in [0.3, 0.4) is 0 Å². The molecule has 4 fully saturated rings. The van der Waals surface area contributed by atoms with Gasteiger partial charge in [0, 0.05) is 56.2 Å². The van der Waals surface area contributed by atoms with Gasteiger partial charge in [-0.1, -0.05) is 25.4 Å². The van der Waals surface area contributed by atoms with E-state index in [2.05, 4.69) is 46.9 Å². The summed E-state index contributed by atoms with van der Waals surface area (Å²) in [5.41, 5.74) is 0.577. The van der Waals surface area contributed by atoms with Gasteiger partial charge in [0.25, 0.3) is 0 Å². The van der Waals surface area contributed by atoms with E-state index >= 15 is 0 Å². The molecule has 0 radical (unpaired) electrons. The number of ether oxygens (including phenoxy) is 2. The molecular formula is C29H39ClN4O4. The van der Waals surface area contributed by atoms with Gasteiger partial charge in [-0.3, -0.25) is 9.69 Å². The quantitative estimate of drug-likeness (QED) is 0.592. The number of aliphatic hydroxyl groups is 1. The van der Waals surface area contributed by atoms with E-state index in [4.69, 9.17) is 21.1 Å². The lowest BCUT2D eigenvalue weighted by molar-refractivity contribution is -0.118. The number of hydrogen-bond donors (Lipinski definition) is 2. The average molecular weight is 543 g/mol. The van der Waals surface area contributed by atoms with Crippen molar-refractivity contribution in [2.75, 3.05) is 56.2 Å². The molecule has 6 rings (SSSR count). The fourth-order valence-electron chi connectivity index (χ4n) is 7.00. The average Bonchev–Trinajstić information content (AvgIpc) is 3.34.